The van der Waals surface area contributed by atoms with Gasteiger partial charge in [-0.1, -0.05) is 0 Å². The van der Waals surface area contributed by atoms with Gasteiger partial charge >= 0.3 is 0 Å². The SMILES string of the molecule is O=CNN(C=O)N1CCCC1. The van der Waals surface area contributed by atoms with Gasteiger partial charge in [-0.25, -0.2) is 0 Å². The van der Waals surface area contributed by atoms with E-state index in [-0.39, 0.29) is 0 Å². The van der Waals surface area contributed by atoms with Crippen molar-refractivity contribution in [1.82, 2.24) is 15.6 Å². The summed E-state index contributed by atoms with van der Waals surface area (Å²) in [4.78, 5) is 20.3. The van der Waals surface area contributed by atoms with Crippen molar-refractivity contribution in [2.24, 2.45) is 0 Å². The van der Waals surface area contributed by atoms with E-state index in [0.29, 0.717) is 12.8 Å². The van der Waals surface area contributed by atoms with Gasteiger partial charge in [-0.05, 0) is 12.8 Å². The first-order valence-electron chi connectivity index (χ1n) is 3.57. The van der Waals surface area contributed by atoms with Crippen LogP contribution in [0.3, 0.4) is 0 Å². The first-order chi connectivity index (χ1) is 5.38. The summed E-state index contributed by atoms with van der Waals surface area (Å²) in [6, 6.07) is 0. The van der Waals surface area contributed by atoms with E-state index < -0.39 is 0 Å². The van der Waals surface area contributed by atoms with Gasteiger partial charge in [0, 0.05) is 13.1 Å². The zero-order chi connectivity index (χ0) is 8.10. The van der Waals surface area contributed by atoms with Crippen LogP contribution in [0.1, 0.15) is 12.8 Å². The smallest absolute Gasteiger partial charge is 0.243 e. The van der Waals surface area contributed by atoms with Gasteiger partial charge < -0.3 is 0 Å². The van der Waals surface area contributed by atoms with Crippen molar-refractivity contribution in [1.29, 1.82) is 0 Å². The van der Waals surface area contributed by atoms with E-state index in [2.05, 4.69) is 5.43 Å². The molecule has 2 amide bonds. The first-order valence-corrected chi connectivity index (χ1v) is 3.57. The molecule has 0 spiro atoms. The molecule has 1 heterocycles. The van der Waals surface area contributed by atoms with Crippen LogP contribution in [0.2, 0.25) is 0 Å². The van der Waals surface area contributed by atoms with Crippen molar-refractivity contribution in [3.05, 3.63) is 0 Å². The molecule has 0 aromatic rings. The molecule has 5 nitrogen and oxygen atoms in total. The summed E-state index contributed by atoms with van der Waals surface area (Å²) in [5, 5.41) is 2.97. The summed E-state index contributed by atoms with van der Waals surface area (Å²) >= 11 is 0. The van der Waals surface area contributed by atoms with Crippen molar-refractivity contribution in [2.45, 2.75) is 12.8 Å². The van der Waals surface area contributed by atoms with Crippen LogP contribution in [0.25, 0.3) is 0 Å². The van der Waals surface area contributed by atoms with E-state index in [1.807, 2.05) is 0 Å². The summed E-state index contributed by atoms with van der Waals surface area (Å²) in [5.41, 5.74) is 2.28. The van der Waals surface area contributed by atoms with Crippen molar-refractivity contribution in [2.75, 3.05) is 13.1 Å². The van der Waals surface area contributed by atoms with Gasteiger partial charge in [0.25, 0.3) is 0 Å². The minimum Gasteiger partial charge on any atom is -0.277 e. The molecule has 0 aromatic carbocycles. The molecule has 62 valence electrons. The number of hydrogen-bond acceptors (Lipinski definition) is 3. The molecule has 1 aliphatic rings. The fourth-order valence-electron chi connectivity index (χ4n) is 1.15. The van der Waals surface area contributed by atoms with E-state index in [4.69, 9.17) is 0 Å². The number of hydrazine groups is 2. The van der Waals surface area contributed by atoms with E-state index >= 15 is 0 Å². The number of amides is 2. The molecule has 5 heteroatoms. The second-order valence-electron chi connectivity index (χ2n) is 2.36. The van der Waals surface area contributed by atoms with E-state index in [1.54, 1.807) is 5.01 Å². The summed E-state index contributed by atoms with van der Waals surface area (Å²) < 4.78 is 0. The third-order valence-electron chi connectivity index (χ3n) is 1.67. The average molecular weight is 157 g/mol. The highest BCUT2D eigenvalue weighted by atomic mass is 16.2. The van der Waals surface area contributed by atoms with Crippen LogP contribution in [0.4, 0.5) is 0 Å². The van der Waals surface area contributed by atoms with Gasteiger partial charge in [-0.3, -0.25) is 15.0 Å². The number of carbonyl (C=O) groups excluding carboxylic acids is 2. The Morgan fingerprint density at radius 2 is 1.91 bits per heavy atom. The van der Waals surface area contributed by atoms with Crippen LogP contribution >= 0.6 is 0 Å². The van der Waals surface area contributed by atoms with Crippen LogP contribution < -0.4 is 5.43 Å². The third kappa shape index (κ3) is 1.91. The number of carbonyl (C=O) groups is 2. The quantitative estimate of drug-likeness (QED) is 0.426. The first kappa shape index (κ1) is 8.00. The van der Waals surface area contributed by atoms with E-state index in [0.717, 1.165) is 25.9 Å². The fourth-order valence-corrected chi connectivity index (χ4v) is 1.15. The zero-order valence-corrected chi connectivity index (χ0v) is 6.19. The largest absolute Gasteiger partial charge is 0.277 e. The van der Waals surface area contributed by atoms with Crippen LogP contribution in [-0.4, -0.2) is 36.0 Å². The number of nitrogens with zero attached hydrogens (tertiary/aromatic N) is 2. The molecule has 1 aliphatic heterocycles. The fraction of sp³-hybridized carbons (Fsp3) is 0.667. The van der Waals surface area contributed by atoms with Gasteiger partial charge in [0.05, 0.1) is 0 Å². The highest BCUT2D eigenvalue weighted by Gasteiger charge is 2.17. The van der Waals surface area contributed by atoms with Crippen molar-refractivity contribution < 1.29 is 9.59 Å². The molecule has 0 atom stereocenters. The number of hydrogen-bond donors (Lipinski definition) is 1. The normalized spacial score (nSPS) is 17.8. The van der Waals surface area contributed by atoms with Crippen LogP contribution in [0.15, 0.2) is 0 Å². The maximum Gasteiger partial charge on any atom is 0.243 e. The number of rotatable bonds is 4. The predicted molar refractivity (Wildman–Crippen MR) is 37.9 cm³/mol. The molecule has 1 N–H and O–H groups in total. The lowest BCUT2D eigenvalue weighted by Gasteiger charge is -2.25. The van der Waals surface area contributed by atoms with Gasteiger partial charge in [-0.15, -0.1) is 0 Å². The molecule has 0 aliphatic carbocycles. The molecule has 0 unspecified atom stereocenters. The second kappa shape index (κ2) is 3.92. The van der Waals surface area contributed by atoms with Crippen molar-refractivity contribution >= 4 is 12.8 Å². The molecular formula is C6H11N3O2. The molecule has 1 saturated heterocycles. The zero-order valence-electron chi connectivity index (χ0n) is 6.19. The Kier molecular flexibility index (Phi) is 2.85. The van der Waals surface area contributed by atoms with Gasteiger partial charge in [0.1, 0.15) is 0 Å². The average Bonchev–Trinajstić information content (AvgIpc) is 2.52. The standard InChI is InChI=1S/C6H11N3O2/c10-5-7-9(6-11)8-3-1-2-4-8/h5-6H,1-4H2,(H,7,10). The van der Waals surface area contributed by atoms with E-state index in [9.17, 15) is 9.59 Å². The maximum atomic E-state index is 10.3. The van der Waals surface area contributed by atoms with Gasteiger partial charge in [0.15, 0.2) is 0 Å². The minimum atomic E-state index is 0.493. The lowest BCUT2D eigenvalue weighted by atomic mass is 10.4. The molecule has 0 bridgehead atoms. The Morgan fingerprint density at radius 3 is 2.36 bits per heavy atom. The summed E-state index contributed by atoms with van der Waals surface area (Å²) in [5.74, 6) is 0. The Labute approximate surface area is 64.9 Å². The Morgan fingerprint density at radius 1 is 1.27 bits per heavy atom. The lowest BCUT2D eigenvalue weighted by Crippen LogP contribution is -2.48. The van der Waals surface area contributed by atoms with E-state index in [1.165, 1.54) is 5.12 Å². The lowest BCUT2D eigenvalue weighted by molar-refractivity contribution is -0.145. The van der Waals surface area contributed by atoms with Crippen molar-refractivity contribution in [3.8, 4) is 0 Å². The summed E-state index contributed by atoms with van der Waals surface area (Å²) in [6.45, 7) is 1.67. The Balaban J connectivity index is 2.39. The maximum absolute atomic E-state index is 10.3. The van der Waals surface area contributed by atoms with Crippen molar-refractivity contribution in [3.63, 3.8) is 0 Å². The third-order valence-corrected chi connectivity index (χ3v) is 1.67. The Bertz CT molecular complexity index is 145. The number of nitrogens with one attached hydrogen (secondary N) is 1. The van der Waals surface area contributed by atoms with Crippen LogP contribution in [-0.2, 0) is 9.59 Å². The second-order valence-corrected chi connectivity index (χ2v) is 2.36. The highest BCUT2D eigenvalue weighted by Crippen LogP contribution is 2.07. The van der Waals surface area contributed by atoms with Gasteiger partial charge in [0.2, 0.25) is 12.8 Å². The Hall–Kier alpha value is -1.10. The minimum absolute atomic E-state index is 0.493. The van der Waals surface area contributed by atoms with Gasteiger partial charge in [-0.2, -0.15) is 10.1 Å². The van der Waals surface area contributed by atoms with Crippen LogP contribution in [0.5, 0.6) is 0 Å². The molecule has 1 fully saturated rings. The molecule has 0 saturated carbocycles. The summed E-state index contributed by atoms with van der Waals surface area (Å²) in [6.07, 6.45) is 3.24. The highest BCUT2D eigenvalue weighted by molar-refractivity contribution is 5.53. The monoisotopic (exact) mass is 157 g/mol. The topological polar surface area (TPSA) is 52.7 Å². The molecule has 0 aromatic heterocycles. The van der Waals surface area contributed by atoms with Crippen LogP contribution in [0, 0.1) is 0 Å². The molecule has 0 radical (unpaired) electrons. The summed E-state index contributed by atoms with van der Waals surface area (Å²) in [7, 11) is 0. The molecular weight excluding hydrogens is 146 g/mol. The molecule has 11 heavy (non-hydrogen) atoms. The molecule has 1 rings (SSSR count). The predicted octanol–water partition coefficient (Wildman–Crippen LogP) is -0.883.